The first-order chi connectivity index (χ1) is 13.7. The van der Waals surface area contributed by atoms with Crippen LogP contribution in [0.3, 0.4) is 0 Å². The van der Waals surface area contributed by atoms with E-state index in [1.807, 2.05) is 30.9 Å². The number of hydrogen-bond donors (Lipinski definition) is 2. The number of hydrogen-bond acceptors (Lipinski definition) is 4. The Morgan fingerprint density at radius 2 is 1.93 bits per heavy atom. The molecule has 3 aromatic heterocycles. The lowest BCUT2D eigenvalue weighted by Gasteiger charge is -2.22. The van der Waals surface area contributed by atoms with Gasteiger partial charge in [-0.05, 0) is 18.4 Å². The van der Waals surface area contributed by atoms with Gasteiger partial charge in [-0.3, -0.25) is 4.98 Å². The molecule has 2 N–H and O–H groups in total. The van der Waals surface area contributed by atoms with Gasteiger partial charge in [0, 0.05) is 58.2 Å². The Morgan fingerprint density at radius 1 is 1.07 bits per heavy atom. The molecule has 1 aromatic carbocycles. The van der Waals surface area contributed by atoms with E-state index in [2.05, 4.69) is 59.2 Å². The Kier molecular flexibility index (Phi) is 5.24. The number of benzene rings is 1. The van der Waals surface area contributed by atoms with E-state index in [0.717, 1.165) is 34.0 Å². The second kappa shape index (κ2) is 7.97. The van der Waals surface area contributed by atoms with Crippen molar-refractivity contribution < 1.29 is 0 Å². The number of anilines is 1. The van der Waals surface area contributed by atoms with Crippen LogP contribution in [0.5, 0.6) is 0 Å². The van der Waals surface area contributed by atoms with Crippen molar-refractivity contribution in [2.45, 2.75) is 46.1 Å². The van der Waals surface area contributed by atoms with Crippen molar-refractivity contribution >= 4 is 27.8 Å². The molecule has 3 heterocycles. The minimum atomic E-state index is 0.371. The molecule has 0 aliphatic rings. The van der Waals surface area contributed by atoms with E-state index < -0.39 is 0 Å². The summed E-state index contributed by atoms with van der Waals surface area (Å²) in [4.78, 5) is 17.2. The molecule has 144 valence electrons. The highest BCUT2D eigenvalue weighted by Crippen LogP contribution is 2.32. The van der Waals surface area contributed by atoms with Crippen molar-refractivity contribution in [2.75, 3.05) is 5.32 Å². The number of fused-ring (bicyclic) bond motifs is 2. The van der Waals surface area contributed by atoms with Crippen LogP contribution in [0.1, 0.15) is 40.0 Å². The Hall–Kier alpha value is -2.95. The van der Waals surface area contributed by atoms with E-state index >= 15 is 0 Å². The summed E-state index contributed by atoms with van der Waals surface area (Å²) in [5.74, 6) is 1.21. The van der Waals surface area contributed by atoms with Crippen LogP contribution < -0.4 is 5.32 Å². The summed E-state index contributed by atoms with van der Waals surface area (Å²) in [7, 11) is 0. The third-order valence-corrected chi connectivity index (χ3v) is 5.36. The molecule has 4 aromatic rings. The lowest BCUT2D eigenvalue weighted by atomic mass is 9.99. The summed E-state index contributed by atoms with van der Waals surface area (Å²) in [5, 5.41) is 5.69. The molecule has 5 nitrogen and oxygen atoms in total. The molecule has 0 fully saturated rings. The first-order valence-electron chi connectivity index (χ1n) is 10.1. The fraction of sp³-hybridized carbons (Fsp3) is 0.348. The molecule has 0 saturated heterocycles. The van der Waals surface area contributed by atoms with Gasteiger partial charge in [0.05, 0.1) is 5.52 Å². The van der Waals surface area contributed by atoms with Gasteiger partial charge >= 0.3 is 0 Å². The monoisotopic (exact) mass is 373 g/mol. The number of aromatic amines is 1. The van der Waals surface area contributed by atoms with Crippen LogP contribution >= 0.6 is 0 Å². The second-order valence-electron chi connectivity index (χ2n) is 7.70. The smallest absolute Gasteiger partial charge is 0.223 e. The average molecular weight is 374 g/mol. The number of para-hydroxylation sites is 1. The highest BCUT2D eigenvalue weighted by Gasteiger charge is 2.16. The molecule has 4 rings (SSSR count). The normalized spacial score (nSPS) is 12.7. The van der Waals surface area contributed by atoms with Gasteiger partial charge in [0.25, 0.3) is 0 Å². The van der Waals surface area contributed by atoms with Gasteiger partial charge in [0.2, 0.25) is 5.95 Å². The summed E-state index contributed by atoms with van der Waals surface area (Å²) < 4.78 is 0. The molecule has 0 amide bonds. The van der Waals surface area contributed by atoms with Crippen molar-refractivity contribution in [1.82, 2.24) is 19.9 Å². The molecule has 1 atom stereocenters. The maximum atomic E-state index is 4.89. The standard InChI is InChI=1S/C23H27N5/c1-4-5-9-20(15(2)3)27-23-26-12-16-11-24-13-19(22(16)28-23)18-14-25-21-10-7-6-8-17(18)21/h6-8,10-15,20,25H,4-5,9H2,1-3H3,(H,26,27,28)/t20-/m1/s1. The molecule has 0 bridgehead atoms. The largest absolute Gasteiger partial charge is 0.361 e. The SMILES string of the molecule is CCCC[C@@H](Nc1ncc2cncc(-c3c[nH]c4ccccc34)c2n1)C(C)C. The Morgan fingerprint density at radius 3 is 2.75 bits per heavy atom. The molecule has 0 aliphatic heterocycles. The highest BCUT2D eigenvalue weighted by atomic mass is 15.1. The third-order valence-electron chi connectivity index (χ3n) is 5.36. The molecular formula is C23H27N5. The van der Waals surface area contributed by atoms with Gasteiger partial charge in [-0.1, -0.05) is 51.8 Å². The Bertz CT molecular complexity index is 1080. The molecule has 5 heteroatoms. The highest BCUT2D eigenvalue weighted by molar-refractivity contribution is 6.03. The van der Waals surface area contributed by atoms with Crippen molar-refractivity contribution in [3.8, 4) is 11.1 Å². The fourth-order valence-electron chi connectivity index (χ4n) is 3.68. The molecule has 0 saturated carbocycles. The molecule has 0 aliphatic carbocycles. The predicted octanol–water partition coefficient (Wildman–Crippen LogP) is 5.80. The molecule has 28 heavy (non-hydrogen) atoms. The van der Waals surface area contributed by atoms with Crippen LogP contribution in [0.2, 0.25) is 0 Å². The lowest BCUT2D eigenvalue weighted by Crippen LogP contribution is -2.26. The summed E-state index contributed by atoms with van der Waals surface area (Å²) in [6.07, 6.45) is 11.1. The van der Waals surface area contributed by atoms with E-state index in [4.69, 9.17) is 4.98 Å². The number of unbranched alkanes of at least 4 members (excludes halogenated alkanes) is 1. The number of pyridine rings is 1. The van der Waals surface area contributed by atoms with Gasteiger partial charge < -0.3 is 10.3 Å². The topological polar surface area (TPSA) is 66.5 Å². The zero-order chi connectivity index (χ0) is 19.5. The van der Waals surface area contributed by atoms with E-state index in [0.29, 0.717) is 17.9 Å². The van der Waals surface area contributed by atoms with Gasteiger partial charge in [-0.15, -0.1) is 0 Å². The van der Waals surface area contributed by atoms with Crippen LogP contribution in [0.4, 0.5) is 5.95 Å². The maximum Gasteiger partial charge on any atom is 0.223 e. The Labute approximate surface area is 165 Å². The molecule has 0 spiro atoms. The quantitative estimate of drug-likeness (QED) is 0.430. The molecular weight excluding hydrogens is 346 g/mol. The van der Waals surface area contributed by atoms with Crippen molar-refractivity contribution in [2.24, 2.45) is 5.92 Å². The first kappa shape index (κ1) is 18.4. The van der Waals surface area contributed by atoms with E-state index in [-0.39, 0.29) is 0 Å². The third kappa shape index (κ3) is 3.57. The number of nitrogens with zero attached hydrogens (tertiary/aromatic N) is 3. The lowest BCUT2D eigenvalue weighted by molar-refractivity contribution is 0.475. The zero-order valence-electron chi connectivity index (χ0n) is 16.7. The number of rotatable bonds is 7. The summed E-state index contributed by atoms with van der Waals surface area (Å²) in [5.41, 5.74) is 4.18. The second-order valence-corrected chi connectivity index (χ2v) is 7.70. The molecule has 0 unspecified atom stereocenters. The van der Waals surface area contributed by atoms with E-state index in [1.165, 1.54) is 18.2 Å². The van der Waals surface area contributed by atoms with Gasteiger partial charge in [-0.25, -0.2) is 9.97 Å². The number of H-pyrrole nitrogens is 1. The number of nitrogens with one attached hydrogen (secondary N) is 2. The van der Waals surface area contributed by atoms with Crippen LogP contribution in [0.25, 0.3) is 32.9 Å². The first-order valence-corrected chi connectivity index (χ1v) is 10.1. The van der Waals surface area contributed by atoms with Gasteiger partial charge in [-0.2, -0.15) is 0 Å². The maximum absolute atomic E-state index is 4.89. The van der Waals surface area contributed by atoms with E-state index in [9.17, 15) is 0 Å². The van der Waals surface area contributed by atoms with Gasteiger partial charge in [0.15, 0.2) is 0 Å². The summed E-state index contributed by atoms with van der Waals surface area (Å²) in [6.45, 7) is 6.72. The van der Waals surface area contributed by atoms with E-state index in [1.54, 1.807) is 0 Å². The van der Waals surface area contributed by atoms with Crippen LogP contribution in [0.15, 0.2) is 49.1 Å². The minimum Gasteiger partial charge on any atom is -0.361 e. The minimum absolute atomic E-state index is 0.371. The van der Waals surface area contributed by atoms with Crippen LogP contribution in [0, 0.1) is 5.92 Å². The fourth-order valence-corrected chi connectivity index (χ4v) is 3.68. The van der Waals surface area contributed by atoms with Crippen molar-refractivity contribution in [1.29, 1.82) is 0 Å². The van der Waals surface area contributed by atoms with Crippen LogP contribution in [-0.2, 0) is 0 Å². The Balaban J connectivity index is 1.76. The van der Waals surface area contributed by atoms with Crippen molar-refractivity contribution in [3.63, 3.8) is 0 Å². The summed E-state index contributed by atoms with van der Waals surface area (Å²) >= 11 is 0. The van der Waals surface area contributed by atoms with Gasteiger partial charge in [0.1, 0.15) is 0 Å². The van der Waals surface area contributed by atoms with Crippen molar-refractivity contribution in [3.05, 3.63) is 49.1 Å². The predicted molar refractivity (Wildman–Crippen MR) is 116 cm³/mol. The van der Waals surface area contributed by atoms with Crippen LogP contribution in [-0.4, -0.2) is 26.0 Å². The zero-order valence-corrected chi connectivity index (χ0v) is 16.7. The summed E-state index contributed by atoms with van der Waals surface area (Å²) in [6, 6.07) is 8.67. The molecule has 0 radical (unpaired) electrons. The average Bonchev–Trinajstić information content (AvgIpc) is 3.14. The number of aromatic nitrogens is 4.